The number of anilines is 3. The summed E-state index contributed by atoms with van der Waals surface area (Å²) in [6.07, 6.45) is 0. The van der Waals surface area contributed by atoms with E-state index in [4.69, 9.17) is 4.74 Å². The Bertz CT molecular complexity index is 1010. The van der Waals surface area contributed by atoms with Crippen molar-refractivity contribution in [1.29, 1.82) is 0 Å². The number of halogens is 1. The number of ether oxygens (including phenoxy) is 1. The fourth-order valence-corrected chi connectivity index (χ4v) is 3.60. The maximum absolute atomic E-state index is 14.1. The summed E-state index contributed by atoms with van der Waals surface area (Å²) in [5, 5.41) is 0. The first kappa shape index (κ1) is 17.1. The van der Waals surface area contributed by atoms with Crippen LogP contribution in [0.25, 0.3) is 11.3 Å². The van der Waals surface area contributed by atoms with Crippen LogP contribution in [0.3, 0.4) is 0 Å². The average Bonchev–Trinajstić information content (AvgIpc) is 3.07. The summed E-state index contributed by atoms with van der Waals surface area (Å²) < 4.78 is 19.1. The Labute approximate surface area is 157 Å². The molecule has 1 aromatic heterocycles. The predicted octanol–water partition coefficient (Wildman–Crippen LogP) is 4.33. The molecule has 0 saturated heterocycles. The van der Waals surface area contributed by atoms with E-state index in [9.17, 15) is 9.18 Å². The van der Waals surface area contributed by atoms with Crippen LogP contribution in [0.4, 0.5) is 21.6 Å². The van der Waals surface area contributed by atoms with E-state index < -0.39 is 5.97 Å². The number of methoxy groups -OCH3 is 1. The van der Waals surface area contributed by atoms with Crippen molar-refractivity contribution in [3.63, 3.8) is 0 Å². The topological polar surface area (TPSA) is 48.6 Å². The lowest BCUT2D eigenvalue weighted by Gasteiger charge is -2.31. The molecule has 3 aromatic rings. The molecule has 1 N–H and O–H groups in total. The number of benzene rings is 2. The number of esters is 1. The first-order valence-corrected chi connectivity index (χ1v) is 8.64. The predicted molar refractivity (Wildman–Crippen MR) is 104 cm³/mol. The molecule has 0 amide bonds. The third kappa shape index (κ3) is 2.73. The van der Waals surface area contributed by atoms with Gasteiger partial charge in [0.15, 0.2) is 0 Å². The van der Waals surface area contributed by atoms with E-state index in [0.29, 0.717) is 17.9 Å². The number of aromatic amines is 1. The van der Waals surface area contributed by atoms with Crippen LogP contribution in [0.1, 0.15) is 15.9 Å². The SMILES string of the molecule is COC(=O)c1c(N(C)C)[nH]c2c1CN(c1ccccc1)c1ccc(F)cc1-2. The van der Waals surface area contributed by atoms with Gasteiger partial charge in [-0.05, 0) is 30.3 Å². The number of carbonyl (C=O) groups excluding carboxylic acids is 1. The molecule has 0 bridgehead atoms. The molecule has 138 valence electrons. The number of hydrogen-bond donors (Lipinski definition) is 1. The zero-order chi connectivity index (χ0) is 19.1. The highest BCUT2D eigenvalue weighted by molar-refractivity contribution is 6.02. The number of hydrogen-bond acceptors (Lipinski definition) is 4. The number of nitrogens with zero attached hydrogens (tertiary/aromatic N) is 2. The van der Waals surface area contributed by atoms with Crippen LogP contribution in [0.15, 0.2) is 48.5 Å². The van der Waals surface area contributed by atoms with Gasteiger partial charge in [0.1, 0.15) is 17.2 Å². The van der Waals surface area contributed by atoms with E-state index in [-0.39, 0.29) is 5.82 Å². The average molecular weight is 365 g/mol. The Morgan fingerprint density at radius 3 is 2.59 bits per heavy atom. The van der Waals surface area contributed by atoms with Gasteiger partial charge in [-0.2, -0.15) is 0 Å². The number of nitrogens with one attached hydrogen (secondary N) is 1. The van der Waals surface area contributed by atoms with Gasteiger partial charge in [0.2, 0.25) is 0 Å². The van der Waals surface area contributed by atoms with Gasteiger partial charge < -0.3 is 19.5 Å². The standard InChI is InChI=1S/C21H20FN3O2/c1-24(2)20-18(21(26)27-3)16-12-25(14-7-5-4-6-8-14)17-10-9-13(22)11-15(17)19(16)23-20/h4-11,23H,12H2,1-3H3. The molecule has 0 aliphatic carbocycles. The largest absolute Gasteiger partial charge is 0.465 e. The Morgan fingerprint density at radius 2 is 1.93 bits per heavy atom. The van der Waals surface area contributed by atoms with E-state index in [2.05, 4.69) is 9.88 Å². The summed E-state index contributed by atoms with van der Waals surface area (Å²) in [7, 11) is 5.07. The third-order valence-corrected chi connectivity index (χ3v) is 4.82. The maximum atomic E-state index is 14.1. The molecule has 0 unspecified atom stereocenters. The van der Waals surface area contributed by atoms with Gasteiger partial charge in [0.25, 0.3) is 0 Å². The number of H-pyrrole nitrogens is 1. The van der Waals surface area contributed by atoms with Crippen molar-refractivity contribution in [2.24, 2.45) is 0 Å². The molecular formula is C21H20FN3O2. The molecule has 1 aliphatic rings. The highest BCUT2D eigenvalue weighted by atomic mass is 19.1. The number of rotatable bonds is 3. The fourth-order valence-electron chi connectivity index (χ4n) is 3.60. The molecule has 0 fully saturated rings. The quantitative estimate of drug-likeness (QED) is 0.702. The Morgan fingerprint density at radius 1 is 1.19 bits per heavy atom. The van der Waals surface area contributed by atoms with Gasteiger partial charge in [-0.15, -0.1) is 0 Å². The Kier molecular flexibility index (Phi) is 4.11. The third-order valence-electron chi connectivity index (χ3n) is 4.82. The second-order valence-corrected chi connectivity index (χ2v) is 6.67. The molecular weight excluding hydrogens is 345 g/mol. The van der Waals surface area contributed by atoms with Crippen molar-refractivity contribution < 1.29 is 13.9 Å². The second-order valence-electron chi connectivity index (χ2n) is 6.67. The van der Waals surface area contributed by atoms with E-state index in [1.165, 1.54) is 19.2 Å². The minimum absolute atomic E-state index is 0.324. The second kappa shape index (κ2) is 6.46. The lowest BCUT2D eigenvalue weighted by atomic mass is 9.96. The minimum atomic E-state index is -0.413. The molecule has 2 heterocycles. The molecule has 27 heavy (non-hydrogen) atoms. The first-order chi connectivity index (χ1) is 13.0. The van der Waals surface area contributed by atoms with Crippen molar-refractivity contribution in [1.82, 2.24) is 4.98 Å². The Hall–Kier alpha value is -3.28. The molecule has 2 aromatic carbocycles. The number of fused-ring (bicyclic) bond motifs is 3. The summed E-state index contributed by atoms with van der Waals surface area (Å²) in [6.45, 7) is 0.479. The lowest BCUT2D eigenvalue weighted by Crippen LogP contribution is -2.23. The summed E-state index contributed by atoms with van der Waals surface area (Å²) in [4.78, 5) is 19.7. The smallest absolute Gasteiger partial charge is 0.341 e. The van der Waals surface area contributed by atoms with Crippen LogP contribution in [0.2, 0.25) is 0 Å². The van der Waals surface area contributed by atoms with Crippen LogP contribution in [0.5, 0.6) is 0 Å². The Balaban J connectivity index is 1.99. The van der Waals surface area contributed by atoms with Gasteiger partial charge >= 0.3 is 5.97 Å². The van der Waals surface area contributed by atoms with Crippen molar-refractivity contribution >= 4 is 23.2 Å². The monoisotopic (exact) mass is 365 g/mol. The van der Waals surface area contributed by atoms with Crippen LogP contribution < -0.4 is 9.80 Å². The van der Waals surface area contributed by atoms with E-state index >= 15 is 0 Å². The molecule has 0 saturated carbocycles. The lowest BCUT2D eigenvalue weighted by molar-refractivity contribution is 0.0600. The van der Waals surface area contributed by atoms with Gasteiger partial charge in [0.05, 0.1) is 25.0 Å². The maximum Gasteiger partial charge on any atom is 0.341 e. The molecule has 0 radical (unpaired) electrons. The summed E-state index contributed by atoms with van der Waals surface area (Å²) >= 11 is 0. The van der Waals surface area contributed by atoms with Crippen LogP contribution in [0, 0.1) is 5.82 Å². The van der Waals surface area contributed by atoms with E-state index in [1.807, 2.05) is 49.3 Å². The molecule has 4 rings (SSSR count). The molecule has 5 nitrogen and oxygen atoms in total. The number of aromatic nitrogens is 1. The van der Waals surface area contributed by atoms with Crippen LogP contribution in [-0.2, 0) is 11.3 Å². The fraction of sp³-hybridized carbons (Fsp3) is 0.190. The highest BCUT2D eigenvalue weighted by Gasteiger charge is 2.32. The minimum Gasteiger partial charge on any atom is -0.465 e. The molecule has 1 aliphatic heterocycles. The number of para-hydroxylation sites is 1. The zero-order valence-electron chi connectivity index (χ0n) is 15.4. The summed E-state index contributed by atoms with van der Waals surface area (Å²) in [5.41, 5.74) is 4.61. The number of carbonyl (C=O) groups is 1. The van der Waals surface area contributed by atoms with Gasteiger partial charge in [0, 0.05) is 30.9 Å². The highest BCUT2D eigenvalue weighted by Crippen LogP contribution is 2.45. The summed E-state index contributed by atoms with van der Waals surface area (Å²) in [5.74, 6) is -0.0868. The van der Waals surface area contributed by atoms with Gasteiger partial charge in [-0.1, -0.05) is 18.2 Å². The molecule has 0 atom stereocenters. The zero-order valence-corrected chi connectivity index (χ0v) is 15.4. The van der Waals surface area contributed by atoms with Crippen molar-refractivity contribution in [3.05, 3.63) is 65.5 Å². The van der Waals surface area contributed by atoms with Crippen molar-refractivity contribution in [2.45, 2.75) is 6.54 Å². The molecule has 0 spiro atoms. The van der Waals surface area contributed by atoms with Crippen molar-refractivity contribution in [3.8, 4) is 11.3 Å². The van der Waals surface area contributed by atoms with Gasteiger partial charge in [-0.3, -0.25) is 0 Å². The van der Waals surface area contributed by atoms with Gasteiger partial charge in [-0.25, -0.2) is 9.18 Å². The van der Waals surface area contributed by atoms with Crippen LogP contribution >= 0.6 is 0 Å². The van der Waals surface area contributed by atoms with Crippen LogP contribution in [-0.4, -0.2) is 32.2 Å². The van der Waals surface area contributed by atoms with E-state index in [1.54, 1.807) is 6.07 Å². The first-order valence-electron chi connectivity index (χ1n) is 8.64. The summed E-state index contributed by atoms with van der Waals surface area (Å²) in [6, 6.07) is 14.6. The van der Waals surface area contributed by atoms with Crippen molar-refractivity contribution in [2.75, 3.05) is 31.0 Å². The normalized spacial score (nSPS) is 12.4. The van der Waals surface area contributed by atoms with E-state index in [0.717, 1.165) is 28.2 Å². The molecule has 6 heteroatoms.